The van der Waals surface area contributed by atoms with E-state index in [0.29, 0.717) is 19.6 Å². The maximum atomic E-state index is 13.3. The molecule has 2 aromatic rings. The molecule has 1 aliphatic heterocycles. The van der Waals surface area contributed by atoms with Crippen LogP contribution in [0.3, 0.4) is 0 Å². The maximum Gasteiger partial charge on any atom is 0.253 e. The molecule has 2 N–H and O–H groups in total. The summed E-state index contributed by atoms with van der Waals surface area (Å²) >= 11 is 0. The summed E-state index contributed by atoms with van der Waals surface area (Å²) in [5.74, 6) is -1.93. The topological polar surface area (TPSA) is 46.3 Å². The van der Waals surface area contributed by atoms with Gasteiger partial charge < -0.3 is 10.6 Å². The molecule has 0 radical (unpaired) electrons. The van der Waals surface area contributed by atoms with Crippen molar-refractivity contribution in [1.29, 1.82) is 0 Å². The number of hydrogen-bond acceptors (Lipinski definition) is 2. The molecule has 3 rings (SSSR count). The molecule has 120 valence electrons. The molecule has 2 aromatic carbocycles. The van der Waals surface area contributed by atoms with Gasteiger partial charge in [-0.2, -0.15) is 0 Å². The van der Waals surface area contributed by atoms with Crippen molar-refractivity contribution >= 4 is 5.91 Å². The lowest BCUT2D eigenvalue weighted by Crippen LogP contribution is -2.30. The Morgan fingerprint density at radius 2 is 1.83 bits per heavy atom. The van der Waals surface area contributed by atoms with Gasteiger partial charge in [0, 0.05) is 24.6 Å². The zero-order chi connectivity index (χ0) is 16.4. The van der Waals surface area contributed by atoms with E-state index in [9.17, 15) is 13.6 Å². The van der Waals surface area contributed by atoms with Crippen LogP contribution in [0, 0.1) is 17.6 Å². The summed E-state index contributed by atoms with van der Waals surface area (Å²) in [7, 11) is 0. The first kappa shape index (κ1) is 15.6. The molecule has 0 saturated carbocycles. The largest absolute Gasteiger partial charge is 0.338 e. The van der Waals surface area contributed by atoms with Crippen molar-refractivity contribution in [3.8, 4) is 0 Å². The van der Waals surface area contributed by atoms with Crippen molar-refractivity contribution in [3.05, 3.63) is 71.3 Å². The summed E-state index contributed by atoms with van der Waals surface area (Å²) in [6.07, 6.45) is 0. The van der Waals surface area contributed by atoms with Crippen LogP contribution in [0.1, 0.15) is 21.8 Å². The van der Waals surface area contributed by atoms with Crippen molar-refractivity contribution in [2.45, 2.75) is 5.92 Å². The number of rotatable bonds is 3. The molecule has 1 fully saturated rings. The standard InChI is InChI=1S/C18H18F2N2O/c19-16-7-6-13(8-17(16)20)18(23)22-10-14(9-21)15(11-22)12-4-2-1-3-5-12/h1-8,14-15H,9-11,21H2/t14-,15+/m1/s1. The average Bonchev–Trinajstić information content (AvgIpc) is 3.02. The molecule has 1 saturated heterocycles. The third-order valence-electron chi connectivity index (χ3n) is 4.43. The van der Waals surface area contributed by atoms with Crippen LogP contribution < -0.4 is 5.73 Å². The summed E-state index contributed by atoms with van der Waals surface area (Å²) in [5, 5.41) is 0. The average molecular weight is 316 g/mol. The second-order valence-corrected chi connectivity index (χ2v) is 5.85. The lowest BCUT2D eigenvalue weighted by atomic mass is 9.89. The number of carbonyl (C=O) groups is 1. The fraction of sp³-hybridized carbons (Fsp3) is 0.278. The van der Waals surface area contributed by atoms with Crippen LogP contribution in [-0.2, 0) is 0 Å². The predicted molar refractivity (Wildman–Crippen MR) is 84.0 cm³/mol. The van der Waals surface area contributed by atoms with E-state index in [-0.39, 0.29) is 23.3 Å². The molecule has 0 aromatic heterocycles. The lowest BCUT2D eigenvalue weighted by molar-refractivity contribution is 0.0786. The molecule has 1 amide bonds. The molecular formula is C18H18F2N2O. The van der Waals surface area contributed by atoms with Gasteiger partial charge in [0.05, 0.1) is 0 Å². The van der Waals surface area contributed by atoms with Gasteiger partial charge in [-0.25, -0.2) is 8.78 Å². The zero-order valence-corrected chi connectivity index (χ0v) is 12.6. The number of halogens is 2. The minimum Gasteiger partial charge on any atom is -0.338 e. The fourth-order valence-corrected chi connectivity index (χ4v) is 3.17. The van der Waals surface area contributed by atoms with Gasteiger partial charge in [0.15, 0.2) is 11.6 Å². The molecule has 23 heavy (non-hydrogen) atoms. The molecule has 3 nitrogen and oxygen atoms in total. The van der Waals surface area contributed by atoms with Crippen molar-refractivity contribution in [1.82, 2.24) is 4.90 Å². The van der Waals surface area contributed by atoms with E-state index in [1.54, 1.807) is 4.90 Å². The van der Waals surface area contributed by atoms with Gasteiger partial charge in [0.25, 0.3) is 5.91 Å². The summed E-state index contributed by atoms with van der Waals surface area (Å²) in [6.45, 7) is 1.53. The zero-order valence-electron chi connectivity index (χ0n) is 12.6. The highest BCUT2D eigenvalue weighted by Gasteiger charge is 2.35. The van der Waals surface area contributed by atoms with Gasteiger partial charge in [-0.05, 0) is 36.2 Å². The van der Waals surface area contributed by atoms with Crippen molar-refractivity contribution in [3.63, 3.8) is 0 Å². The number of likely N-dealkylation sites (tertiary alicyclic amines) is 1. The second kappa shape index (κ2) is 6.46. The Balaban J connectivity index is 1.81. The van der Waals surface area contributed by atoms with Crippen LogP contribution in [-0.4, -0.2) is 30.4 Å². The Morgan fingerprint density at radius 1 is 1.09 bits per heavy atom. The number of hydrogen-bond donors (Lipinski definition) is 1. The van der Waals surface area contributed by atoms with Crippen LogP contribution in [0.4, 0.5) is 8.78 Å². The van der Waals surface area contributed by atoms with Crippen LogP contribution in [0.2, 0.25) is 0 Å². The molecule has 0 bridgehead atoms. The Bertz CT molecular complexity index is 705. The summed E-state index contributed by atoms with van der Waals surface area (Å²) < 4.78 is 26.4. The predicted octanol–water partition coefficient (Wildman–Crippen LogP) is 2.78. The van der Waals surface area contributed by atoms with Crippen molar-refractivity contribution in [2.75, 3.05) is 19.6 Å². The molecule has 1 aliphatic rings. The highest BCUT2D eigenvalue weighted by Crippen LogP contribution is 2.32. The minimum atomic E-state index is -1.01. The molecular weight excluding hydrogens is 298 g/mol. The number of carbonyl (C=O) groups excluding carboxylic acids is 1. The lowest BCUT2D eigenvalue weighted by Gasteiger charge is -2.17. The first-order valence-electron chi connectivity index (χ1n) is 7.59. The molecule has 1 heterocycles. The first-order chi connectivity index (χ1) is 11.1. The van der Waals surface area contributed by atoms with Crippen LogP contribution in [0.5, 0.6) is 0 Å². The normalized spacial score (nSPS) is 20.7. The van der Waals surface area contributed by atoms with E-state index in [1.807, 2.05) is 30.3 Å². The summed E-state index contributed by atoms with van der Waals surface area (Å²) in [5.41, 5.74) is 7.16. The van der Waals surface area contributed by atoms with Crippen LogP contribution in [0.25, 0.3) is 0 Å². The number of amides is 1. The van der Waals surface area contributed by atoms with Gasteiger partial charge in [-0.15, -0.1) is 0 Å². The van der Waals surface area contributed by atoms with E-state index in [0.717, 1.165) is 17.7 Å². The van der Waals surface area contributed by atoms with Gasteiger partial charge in [0.2, 0.25) is 0 Å². The SMILES string of the molecule is NC[C@@H]1CN(C(=O)c2ccc(F)c(F)c2)C[C@H]1c1ccccc1. The van der Waals surface area contributed by atoms with E-state index in [4.69, 9.17) is 5.73 Å². The van der Waals surface area contributed by atoms with Crippen molar-refractivity contribution in [2.24, 2.45) is 11.7 Å². The number of nitrogens with two attached hydrogens (primary N) is 1. The van der Waals surface area contributed by atoms with E-state index >= 15 is 0 Å². The third kappa shape index (κ3) is 3.10. The highest BCUT2D eigenvalue weighted by atomic mass is 19.2. The fourth-order valence-electron chi connectivity index (χ4n) is 3.17. The Kier molecular flexibility index (Phi) is 4.39. The highest BCUT2D eigenvalue weighted by molar-refractivity contribution is 5.94. The Hall–Kier alpha value is -2.27. The van der Waals surface area contributed by atoms with Crippen LogP contribution >= 0.6 is 0 Å². The van der Waals surface area contributed by atoms with Gasteiger partial charge in [-0.1, -0.05) is 30.3 Å². The Morgan fingerprint density at radius 3 is 2.48 bits per heavy atom. The molecule has 0 unspecified atom stereocenters. The number of nitrogens with zero attached hydrogens (tertiary/aromatic N) is 1. The smallest absolute Gasteiger partial charge is 0.253 e. The van der Waals surface area contributed by atoms with Crippen LogP contribution in [0.15, 0.2) is 48.5 Å². The summed E-state index contributed by atoms with van der Waals surface area (Å²) in [4.78, 5) is 14.2. The first-order valence-corrected chi connectivity index (χ1v) is 7.59. The Labute approximate surface area is 133 Å². The van der Waals surface area contributed by atoms with Gasteiger partial charge in [0.1, 0.15) is 0 Å². The third-order valence-corrected chi connectivity index (χ3v) is 4.43. The van der Waals surface area contributed by atoms with E-state index < -0.39 is 11.6 Å². The maximum absolute atomic E-state index is 13.3. The quantitative estimate of drug-likeness (QED) is 0.946. The number of benzene rings is 2. The van der Waals surface area contributed by atoms with Crippen molar-refractivity contribution < 1.29 is 13.6 Å². The monoisotopic (exact) mass is 316 g/mol. The second-order valence-electron chi connectivity index (χ2n) is 5.85. The molecule has 0 spiro atoms. The van der Waals surface area contributed by atoms with E-state index in [2.05, 4.69) is 0 Å². The molecule has 0 aliphatic carbocycles. The van der Waals surface area contributed by atoms with Gasteiger partial charge >= 0.3 is 0 Å². The van der Waals surface area contributed by atoms with E-state index in [1.165, 1.54) is 6.07 Å². The molecule has 2 atom stereocenters. The summed E-state index contributed by atoms with van der Waals surface area (Å²) in [6, 6.07) is 13.2. The van der Waals surface area contributed by atoms with Gasteiger partial charge in [-0.3, -0.25) is 4.79 Å². The minimum absolute atomic E-state index is 0.159. The molecule has 5 heteroatoms.